The molecule has 0 saturated heterocycles. The summed E-state index contributed by atoms with van der Waals surface area (Å²) in [6, 6.07) is 0. The van der Waals surface area contributed by atoms with Crippen LogP contribution in [-0.2, 0) is 17.6 Å². The van der Waals surface area contributed by atoms with Gasteiger partial charge < -0.3 is 19.7 Å². The van der Waals surface area contributed by atoms with Gasteiger partial charge in [-0.15, -0.1) is 0 Å². The third-order valence-electron chi connectivity index (χ3n) is 5.20. The van der Waals surface area contributed by atoms with E-state index in [1.165, 1.54) is 0 Å². The van der Waals surface area contributed by atoms with Crippen molar-refractivity contribution < 1.29 is 24.5 Å². The molecule has 1 aromatic rings. The SMILES string of the molecule is CC1Cc2c(c(O)c3c(c2C(CC(=O)O)C2CC2)OC(C)C3)O1. The highest BCUT2D eigenvalue weighted by atomic mass is 16.5. The molecule has 23 heavy (non-hydrogen) atoms. The number of hydrogen-bond donors (Lipinski definition) is 2. The summed E-state index contributed by atoms with van der Waals surface area (Å²) in [7, 11) is 0. The fourth-order valence-corrected chi connectivity index (χ4v) is 4.11. The van der Waals surface area contributed by atoms with Gasteiger partial charge in [-0.3, -0.25) is 4.79 Å². The second-order valence-electron chi connectivity index (χ2n) is 7.18. The van der Waals surface area contributed by atoms with E-state index in [1.54, 1.807) is 0 Å². The van der Waals surface area contributed by atoms with Crippen molar-refractivity contribution in [3.63, 3.8) is 0 Å². The van der Waals surface area contributed by atoms with Gasteiger partial charge >= 0.3 is 5.97 Å². The van der Waals surface area contributed by atoms with Crippen LogP contribution in [0.2, 0.25) is 0 Å². The van der Waals surface area contributed by atoms with Crippen molar-refractivity contribution in [3.05, 3.63) is 16.7 Å². The van der Waals surface area contributed by atoms with Gasteiger partial charge in [0.05, 0.1) is 6.42 Å². The highest BCUT2D eigenvalue weighted by Gasteiger charge is 2.43. The van der Waals surface area contributed by atoms with Crippen LogP contribution in [0.1, 0.15) is 55.7 Å². The van der Waals surface area contributed by atoms with Crippen LogP contribution >= 0.6 is 0 Å². The van der Waals surface area contributed by atoms with E-state index >= 15 is 0 Å². The minimum Gasteiger partial charge on any atom is -0.504 e. The average molecular weight is 318 g/mol. The smallest absolute Gasteiger partial charge is 0.303 e. The molecule has 1 aromatic carbocycles. The first kappa shape index (κ1) is 14.7. The number of fused-ring (bicyclic) bond motifs is 2. The number of benzene rings is 1. The van der Waals surface area contributed by atoms with Gasteiger partial charge in [-0.1, -0.05) is 0 Å². The quantitative estimate of drug-likeness (QED) is 0.892. The molecule has 1 fully saturated rings. The van der Waals surface area contributed by atoms with Crippen molar-refractivity contribution in [1.29, 1.82) is 0 Å². The number of carboxylic acid groups (broad SMARTS) is 1. The van der Waals surface area contributed by atoms with Crippen molar-refractivity contribution >= 4 is 5.97 Å². The predicted octanol–water partition coefficient (Wildman–Crippen LogP) is 3.01. The molecule has 2 aliphatic heterocycles. The van der Waals surface area contributed by atoms with E-state index < -0.39 is 5.97 Å². The molecule has 5 heteroatoms. The number of carboxylic acids is 1. The number of aromatic hydroxyl groups is 1. The number of aliphatic carboxylic acids is 1. The van der Waals surface area contributed by atoms with Crippen LogP contribution in [0.4, 0.5) is 0 Å². The Bertz CT molecular complexity index is 637. The Labute approximate surface area is 135 Å². The molecule has 3 unspecified atom stereocenters. The maximum atomic E-state index is 11.4. The molecule has 2 heterocycles. The molecule has 0 radical (unpaired) electrons. The molecule has 124 valence electrons. The molecule has 4 rings (SSSR count). The fourth-order valence-electron chi connectivity index (χ4n) is 4.11. The summed E-state index contributed by atoms with van der Waals surface area (Å²) < 4.78 is 11.9. The molecule has 0 aromatic heterocycles. The Morgan fingerprint density at radius 2 is 1.74 bits per heavy atom. The van der Waals surface area contributed by atoms with Crippen molar-refractivity contribution in [1.82, 2.24) is 0 Å². The van der Waals surface area contributed by atoms with Crippen LogP contribution in [0, 0.1) is 5.92 Å². The zero-order valence-electron chi connectivity index (χ0n) is 13.5. The maximum Gasteiger partial charge on any atom is 0.303 e. The average Bonchev–Trinajstić information content (AvgIpc) is 3.14. The van der Waals surface area contributed by atoms with Crippen molar-refractivity contribution in [2.75, 3.05) is 0 Å². The minimum absolute atomic E-state index is 0.000666. The molecule has 2 N–H and O–H groups in total. The monoisotopic (exact) mass is 318 g/mol. The van der Waals surface area contributed by atoms with Crippen molar-refractivity contribution in [3.8, 4) is 17.2 Å². The van der Waals surface area contributed by atoms with Crippen LogP contribution < -0.4 is 9.47 Å². The van der Waals surface area contributed by atoms with E-state index in [9.17, 15) is 15.0 Å². The Balaban J connectivity index is 1.90. The van der Waals surface area contributed by atoms with Crippen LogP contribution in [0.3, 0.4) is 0 Å². The molecule has 1 aliphatic carbocycles. The summed E-state index contributed by atoms with van der Waals surface area (Å²) in [5.74, 6) is 1.05. The number of hydrogen-bond acceptors (Lipinski definition) is 4. The number of phenols is 1. The molecule has 3 atom stereocenters. The Morgan fingerprint density at radius 1 is 1.13 bits per heavy atom. The van der Waals surface area contributed by atoms with E-state index in [1.807, 2.05) is 13.8 Å². The lowest BCUT2D eigenvalue weighted by Gasteiger charge is -2.22. The number of carbonyl (C=O) groups is 1. The van der Waals surface area contributed by atoms with Crippen LogP contribution in [0.15, 0.2) is 0 Å². The zero-order chi connectivity index (χ0) is 16.3. The lowest BCUT2D eigenvalue weighted by Crippen LogP contribution is -2.13. The van der Waals surface area contributed by atoms with Crippen LogP contribution in [0.5, 0.6) is 17.2 Å². The topological polar surface area (TPSA) is 76.0 Å². The molecule has 1 saturated carbocycles. The summed E-state index contributed by atoms with van der Waals surface area (Å²) in [4.78, 5) is 11.4. The second kappa shape index (κ2) is 5.05. The normalized spacial score (nSPS) is 26.2. The molecule has 0 amide bonds. The minimum atomic E-state index is -0.782. The Kier molecular flexibility index (Phi) is 3.22. The number of ether oxygens (including phenoxy) is 2. The Morgan fingerprint density at radius 3 is 2.35 bits per heavy atom. The maximum absolute atomic E-state index is 11.4. The summed E-state index contributed by atoms with van der Waals surface area (Å²) in [6.07, 6.45) is 3.58. The van der Waals surface area contributed by atoms with E-state index in [0.29, 0.717) is 24.5 Å². The summed E-state index contributed by atoms with van der Waals surface area (Å²) in [5, 5.41) is 19.9. The van der Waals surface area contributed by atoms with Gasteiger partial charge in [-0.2, -0.15) is 0 Å². The summed E-state index contributed by atoms with van der Waals surface area (Å²) in [5.41, 5.74) is 2.74. The predicted molar refractivity (Wildman–Crippen MR) is 83.4 cm³/mol. The van der Waals surface area contributed by atoms with Crippen LogP contribution in [-0.4, -0.2) is 28.4 Å². The highest BCUT2D eigenvalue weighted by Crippen LogP contribution is 2.57. The van der Waals surface area contributed by atoms with Gasteiger partial charge in [-0.05, 0) is 32.6 Å². The largest absolute Gasteiger partial charge is 0.504 e. The first-order valence-electron chi connectivity index (χ1n) is 8.41. The lowest BCUT2D eigenvalue weighted by atomic mass is 9.84. The van der Waals surface area contributed by atoms with Crippen molar-refractivity contribution in [2.45, 2.75) is 64.1 Å². The first-order chi connectivity index (χ1) is 11.0. The Hall–Kier alpha value is -1.91. The molecule has 0 bridgehead atoms. The van der Waals surface area contributed by atoms with Gasteiger partial charge in [0.25, 0.3) is 0 Å². The van der Waals surface area contributed by atoms with Gasteiger partial charge in [-0.25, -0.2) is 0 Å². The van der Waals surface area contributed by atoms with E-state index in [4.69, 9.17) is 9.47 Å². The van der Waals surface area contributed by atoms with E-state index in [-0.39, 0.29) is 30.3 Å². The van der Waals surface area contributed by atoms with Crippen LogP contribution in [0.25, 0.3) is 0 Å². The van der Waals surface area contributed by atoms with Crippen molar-refractivity contribution in [2.24, 2.45) is 5.92 Å². The molecular formula is C18H22O5. The zero-order valence-corrected chi connectivity index (χ0v) is 13.5. The van der Waals surface area contributed by atoms with Gasteiger partial charge in [0.15, 0.2) is 11.5 Å². The summed E-state index contributed by atoms with van der Waals surface area (Å²) >= 11 is 0. The van der Waals surface area contributed by atoms with Gasteiger partial charge in [0.2, 0.25) is 0 Å². The molecule has 0 spiro atoms. The highest BCUT2D eigenvalue weighted by molar-refractivity contribution is 5.71. The first-order valence-corrected chi connectivity index (χ1v) is 8.41. The third kappa shape index (κ3) is 2.33. The number of phenolic OH excluding ortho intramolecular Hbond substituents is 1. The molecule has 5 nitrogen and oxygen atoms in total. The lowest BCUT2D eigenvalue weighted by molar-refractivity contribution is -0.137. The fraction of sp³-hybridized carbons (Fsp3) is 0.611. The second-order valence-corrected chi connectivity index (χ2v) is 7.18. The standard InChI is InChI=1S/C18H22O5/c1-8-5-12-15(11(7-14(19)20)10-3-4-10)17-13(6-9(2)22-17)16(21)18(12)23-8/h8-11,21H,3-7H2,1-2H3,(H,19,20). The summed E-state index contributed by atoms with van der Waals surface area (Å²) in [6.45, 7) is 3.95. The van der Waals surface area contributed by atoms with Gasteiger partial charge in [0.1, 0.15) is 18.0 Å². The van der Waals surface area contributed by atoms with E-state index in [2.05, 4.69) is 0 Å². The third-order valence-corrected chi connectivity index (χ3v) is 5.20. The molecular weight excluding hydrogens is 296 g/mol. The number of rotatable bonds is 4. The van der Waals surface area contributed by atoms with E-state index in [0.717, 1.165) is 35.3 Å². The molecule has 3 aliphatic rings. The van der Waals surface area contributed by atoms with Gasteiger partial charge in [0, 0.05) is 35.4 Å².